The smallest absolute Gasteiger partial charge is 0.410 e. The maximum atomic E-state index is 13.6. The van der Waals surface area contributed by atoms with Crippen LogP contribution in [0.15, 0.2) is 24.3 Å². The number of methoxy groups -OCH3 is 1. The van der Waals surface area contributed by atoms with E-state index in [4.69, 9.17) is 9.47 Å². The second-order valence-electron chi connectivity index (χ2n) is 9.61. The van der Waals surface area contributed by atoms with Crippen LogP contribution in [-0.2, 0) is 30.3 Å². The number of carbonyl (C=O) groups is 4. The van der Waals surface area contributed by atoms with Gasteiger partial charge in [0.15, 0.2) is 0 Å². The summed E-state index contributed by atoms with van der Waals surface area (Å²) in [6.45, 7) is 6.81. The molecule has 9 heteroatoms. The molecule has 1 aromatic carbocycles. The third-order valence-electron chi connectivity index (χ3n) is 6.21. The normalized spacial score (nSPS) is 23.0. The molecular weight excluding hydrogens is 426 g/mol. The number of carbonyl (C=O) groups excluding carboxylic acids is 4. The van der Waals surface area contributed by atoms with E-state index in [1.165, 1.54) is 19.1 Å². The Kier molecular flexibility index (Phi) is 7.00. The number of hydrogen-bond acceptors (Lipinski definition) is 6. The lowest BCUT2D eigenvalue weighted by molar-refractivity contribution is -0.153. The molecule has 9 nitrogen and oxygen atoms in total. The van der Waals surface area contributed by atoms with Crippen LogP contribution < -0.4 is 5.32 Å². The first kappa shape index (κ1) is 24.5. The van der Waals surface area contributed by atoms with Crippen molar-refractivity contribution in [3.63, 3.8) is 0 Å². The topological polar surface area (TPSA) is 105 Å². The van der Waals surface area contributed by atoms with Crippen LogP contribution in [0.1, 0.15) is 57.7 Å². The lowest BCUT2D eigenvalue weighted by Gasteiger charge is -2.31. The van der Waals surface area contributed by atoms with Gasteiger partial charge in [0.2, 0.25) is 11.8 Å². The maximum Gasteiger partial charge on any atom is 0.410 e. The molecule has 1 aromatic rings. The second-order valence-corrected chi connectivity index (χ2v) is 9.61. The van der Waals surface area contributed by atoms with Gasteiger partial charge in [-0.15, -0.1) is 0 Å². The van der Waals surface area contributed by atoms with Crippen molar-refractivity contribution in [2.45, 2.75) is 76.7 Å². The molecule has 0 spiro atoms. The first-order valence-corrected chi connectivity index (χ1v) is 11.2. The summed E-state index contributed by atoms with van der Waals surface area (Å²) >= 11 is 0. The highest BCUT2D eigenvalue weighted by atomic mass is 16.6. The Balaban J connectivity index is 1.84. The number of rotatable bonds is 4. The molecule has 1 N–H and O–H groups in total. The Morgan fingerprint density at radius 3 is 2.48 bits per heavy atom. The van der Waals surface area contributed by atoms with E-state index < -0.39 is 41.7 Å². The van der Waals surface area contributed by atoms with E-state index in [1.807, 2.05) is 24.3 Å². The zero-order chi connectivity index (χ0) is 24.5. The minimum Gasteiger partial charge on any atom is -0.467 e. The number of esters is 1. The van der Waals surface area contributed by atoms with Crippen molar-refractivity contribution in [3.05, 3.63) is 35.4 Å². The van der Waals surface area contributed by atoms with E-state index in [1.54, 1.807) is 32.6 Å². The summed E-state index contributed by atoms with van der Waals surface area (Å²) in [5.41, 5.74) is 1.23. The van der Waals surface area contributed by atoms with Crippen molar-refractivity contribution >= 4 is 23.9 Å². The third kappa shape index (κ3) is 5.12. The fourth-order valence-electron chi connectivity index (χ4n) is 4.40. The van der Waals surface area contributed by atoms with Crippen molar-refractivity contribution < 1.29 is 28.7 Å². The van der Waals surface area contributed by atoms with Gasteiger partial charge in [0, 0.05) is 13.5 Å². The summed E-state index contributed by atoms with van der Waals surface area (Å²) < 4.78 is 10.3. The molecule has 0 bridgehead atoms. The molecule has 2 heterocycles. The molecule has 180 valence electrons. The third-order valence-corrected chi connectivity index (χ3v) is 6.21. The summed E-state index contributed by atoms with van der Waals surface area (Å²) in [6, 6.07) is 5.02. The van der Waals surface area contributed by atoms with Crippen molar-refractivity contribution in [1.29, 1.82) is 0 Å². The van der Waals surface area contributed by atoms with E-state index in [2.05, 4.69) is 5.32 Å². The minimum atomic E-state index is -0.872. The number of nitrogens with zero attached hydrogens (tertiary/aromatic N) is 2. The highest BCUT2D eigenvalue weighted by Crippen LogP contribution is 2.41. The van der Waals surface area contributed by atoms with E-state index >= 15 is 0 Å². The number of nitrogens with one attached hydrogen (secondary N) is 1. The molecule has 1 fully saturated rings. The van der Waals surface area contributed by atoms with Crippen LogP contribution in [0.2, 0.25) is 0 Å². The highest BCUT2D eigenvalue weighted by Gasteiger charge is 2.47. The quantitative estimate of drug-likeness (QED) is 0.692. The van der Waals surface area contributed by atoms with Crippen molar-refractivity contribution in [3.8, 4) is 0 Å². The van der Waals surface area contributed by atoms with E-state index in [0.29, 0.717) is 19.3 Å². The lowest BCUT2D eigenvalue weighted by Crippen LogP contribution is -2.55. The van der Waals surface area contributed by atoms with Crippen LogP contribution in [-0.4, -0.2) is 71.6 Å². The Morgan fingerprint density at radius 2 is 1.85 bits per heavy atom. The molecule has 0 radical (unpaired) electrons. The molecule has 4 atom stereocenters. The molecule has 2 aliphatic heterocycles. The number of likely N-dealkylation sites (N-methyl/N-ethyl adjacent to an activating group) is 1. The van der Waals surface area contributed by atoms with Crippen molar-refractivity contribution in [1.82, 2.24) is 15.1 Å². The predicted molar refractivity (Wildman–Crippen MR) is 120 cm³/mol. The summed E-state index contributed by atoms with van der Waals surface area (Å²) in [5.74, 6) is -1.27. The Morgan fingerprint density at radius 1 is 1.18 bits per heavy atom. The molecule has 0 aromatic heterocycles. The fourth-order valence-corrected chi connectivity index (χ4v) is 4.40. The number of fused-ring (bicyclic) bond motifs is 3. The number of ether oxygens (including phenoxy) is 2. The van der Waals surface area contributed by atoms with Crippen LogP contribution in [0.25, 0.3) is 0 Å². The summed E-state index contributed by atoms with van der Waals surface area (Å²) in [6.07, 6.45) is 0.800. The molecule has 3 rings (SSSR count). The molecule has 0 saturated carbocycles. The molecule has 0 unspecified atom stereocenters. The van der Waals surface area contributed by atoms with Crippen molar-refractivity contribution in [2.24, 2.45) is 0 Å². The second kappa shape index (κ2) is 9.41. The first-order chi connectivity index (χ1) is 15.4. The molecular formula is C24H33N3O6. The van der Waals surface area contributed by atoms with Crippen LogP contribution in [0, 0.1) is 0 Å². The fraction of sp³-hybridized carbons (Fsp3) is 0.583. The van der Waals surface area contributed by atoms with E-state index in [9.17, 15) is 19.2 Å². The van der Waals surface area contributed by atoms with Gasteiger partial charge in [-0.05, 0) is 51.7 Å². The Labute approximate surface area is 194 Å². The highest BCUT2D eigenvalue weighted by molar-refractivity contribution is 5.94. The van der Waals surface area contributed by atoms with Gasteiger partial charge in [-0.1, -0.05) is 24.3 Å². The average molecular weight is 460 g/mol. The van der Waals surface area contributed by atoms with Gasteiger partial charge >= 0.3 is 12.1 Å². The lowest BCUT2D eigenvalue weighted by atomic mass is 9.96. The van der Waals surface area contributed by atoms with Gasteiger partial charge in [-0.2, -0.15) is 0 Å². The van der Waals surface area contributed by atoms with Gasteiger partial charge in [0.25, 0.3) is 0 Å². The Hall–Kier alpha value is -3.10. The van der Waals surface area contributed by atoms with Gasteiger partial charge in [-0.3, -0.25) is 14.5 Å². The van der Waals surface area contributed by atoms with Crippen LogP contribution in [0.5, 0.6) is 0 Å². The van der Waals surface area contributed by atoms with E-state index in [0.717, 1.165) is 11.1 Å². The number of hydrogen-bond donors (Lipinski definition) is 1. The van der Waals surface area contributed by atoms with Crippen LogP contribution in [0.4, 0.5) is 4.79 Å². The molecule has 3 amide bonds. The summed E-state index contributed by atoms with van der Waals surface area (Å²) in [5, 5.41) is 2.81. The van der Waals surface area contributed by atoms with Gasteiger partial charge in [0.05, 0.1) is 13.2 Å². The van der Waals surface area contributed by atoms with Gasteiger partial charge in [0.1, 0.15) is 23.7 Å². The van der Waals surface area contributed by atoms with Gasteiger partial charge < -0.3 is 19.7 Å². The molecule has 1 saturated heterocycles. The SMILES string of the molecule is COC(=O)[C@@H]1CC[C@@H]2c3ccccc3C[C@H](NC(=O)[C@H](C)N(C)C(=O)OC(C)(C)C)C(=O)N21. The first-order valence-electron chi connectivity index (χ1n) is 11.2. The molecule has 33 heavy (non-hydrogen) atoms. The average Bonchev–Trinajstić information content (AvgIpc) is 3.16. The zero-order valence-electron chi connectivity index (χ0n) is 20.1. The van der Waals surface area contributed by atoms with Crippen molar-refractivity contribution in [2.75, 3.05) is 14.2 Å². The maximum absolute atomic E-state index is 13.6. The van der Waals surface area contributed by atoms with E-state index in [-0.39, 0.29) is 11.9 Å². The standard InChI is InChI=1S/C24H33N3O6/c1-14(26(5)23(31)33-24(2,3)4)20(28)25-17-13-15-9-7-8-10-16(15)18-11-12-19(22(30)32-6)27(18)21(17)29/h7-10,14,17-19H,11-13H2,1-6H3,(H,25,28)/t14-,17-,18+,19-/m0/s1. The monoisotopic (exact) mass is 459 g/mol. The summed E-state index contributed by atoms with van der Waals surface area (Å²) in [7, 11) is 2.78. The number of benzene rings is 1. The molecule has 0 aliphatic carbocycles. The van der Waals surface area contributed by atoms with Crippen LogP contribution >= 0.6 is 0 Å². The summed E-state index contributed by atoms with van der Waals surface area (Å²) in [4.78, 5) is 54.1. The zero-order valence-corrected chi connectivity index (χ0v) is 20.1. The van der Waals surface area contributed by atoms with Crippen LogP contribution in [0.3, 0.4) is 0 Å². The van der Waals surface area contributed by atoms with Gasteiger partial charge in [-0.25, -0.2) is 9.59 Å². The largest absolute Gasteiger partial charge is 0.467 e. The Bertz CT molecular complexity index is 940. The number of amides is 3. The minimum absolute atomic E-state index is 0.249. The molecule has 2 aliphatic rings. The predicted octanol–water partition coefficient (Wildman–Crippen LogP) is 2.19.